The van der Waals surface area contributed by atoms with E-state index < -0.39 is 10.0 Å². The quantitative estimate of drug-likeness (QED) is 0.597. The van der Waals surface area contributed by atoms with Gasteiger partial charge in [-0.15, -0.1) is 11.3 Å². The number of anilines is 1. The summed E-state index contributed by atoms with van der Waals surface area (Å²) in [7, 11) is -3.42. The van der Waals surface area contributed by atoms with Gasteiger partial charge in [0.05, 0.1) is 22.6 Å². The van der Waals surface area contributed by atoms with Crippen LogP contribution >= 0.6 is 11.3 Å². The van der Waals surface area contributed by atoms with E-state index in [0.29, 0.717) is 28.2 Å². The van der Waals surface area contributed by atoms with E-state index in [2.05, 4.69) is 15.0 Å². The third-order valence-electron chi connectivity index (χ3n) is 4.07. The molecular weight excluding hydrogens is 413 g/mol. The van der Waals surface area contributed by atoms with Crippen LogP contribution in [-0.4, -0.2) is 25.6 Å². The minimum Gasteiger partial charge on any atom is -0.347 e. The number of aryl methyl sites for hydroxylation is 1. The molecule has 152 valence electrons. The third kappa shape index (κ3) is 5.85. The predicted octanol–water partition coefficient (Wildman–Crippen LogP) is 3.48. The highest BCUT2D eigenvalue weighted by atomic mass is 32.2. The lowest BCUT2D eigenvalue weighted by atomic mass is 10.1. The largest absolute Gasteiger partial charge is 0.347 e. The number of amides is 1. The van der Waals surface area contributed by atoms with Crippen molar-refractivity contribution in [1.82, 2.24) is 10.3 Å². The zero-order valence-electron chi connectivity index (χ0n) is 15.9. The number of hydrogen-bond donors (Lipinski definition) is 2. The van der Waals surface area contributed by atoms with Crippen LogP contribution in [0.2, 0.25) is 0 Å². The Morgan fingerprint density at radius 3 is 2.52 bits per heavy atom. The van der Waals surface area contributed by atoms with Crippen LogP contribution in [-0.2, 0) is 23.0 Å². The fourth-order valence-corrected chi connectivity index (χ4v) is 4.36. The Balaban J connectivity index is 1.69. The first-order valence-corrected chi connectivity index (χ1v) is 11.5. The first-order chi connectivity index (χ1) is 13.7. The van der Waals surface area contributed by atoms with Gasteiger partial charge in [-0.3, -0.25) is 9.52 Å². The molecule has 1 amide bonds. The van der Waals surface area contributed by atoms with E-state index in [9.17, 15) is 17.6 Å². The SMILES string of the molecule is Cc1nc(Cc2ccc(F)cc2)sc1C(=O)NCc1ccccc1NS(C)(=O)=O. The zero-order chi connectivity index (χ0) is 21.0. The van der Waals surface area contributed by atoms with Gasteiger partial charge in [0.15, 0.2) is 0 Å². The van der Waals surface area contributed by atoms with Crippen LogP contribution in [0.15, 0.2) is 48.5 Å². The number of rotatable bonds is 7. The molecule has 9 heteroatoms. The molecule has 0 saturated heterocycles. The predicted molar refractivity (Wildman–Crippen MR) is 112 cm³/mol. The van der Waals surface area contributed by atoms with Crippen LogP contribution in [0.5, 0.6) is 0 Å². The summed E-state index contributed by atoms with van der Waals surface area (Å²) in [5, 5.41) is 3.58. The van der Waals surface area contributed by atoms with Gasteiger partial charge in [-0.25, -0.2) is 17.8 Å². The average Bonchev–Trinajstić information content (AvgIpc) is 3.02. The second kappa shape index (κ2) is 8.71. The van der Waals surface area contributed by atoms with Gasteiger partial charge in [-0.2, -0.15) is 0 Å². The summed E-state index contributed by atoms with van der Waals surface area (Å²) >= 11 is 1.29. The standard InChI is InChI=1S/C20H20FN3O3S2/c1-13-19(28-18(23-13)11-14-7-9-16(21)10-8-14)20(25)22-12-15-5-3-4-6-17(15)24-29(2,26)27/h3-10,24H,11-12H2,1-2H3,(H,22,25). The van der Waals surface area contributed by atoms with Gasteiger partial charge in [-0.1, -0.05) is 30.3 Å². The summed E-state index contributed by atoms with van der Waals surface area (Å²) in [5.74, 6) is -0.575. The van der Waals surface area contributed by atoms with Crippen molar-refractivity contribution < 1.29 is 17.6 Å². The van der Waals surface area contributed by atoms with Gasteiger partial charge in [0, 0.05) is 13.0 Å². The lowest BCUT2D eigenvalue weighted by molar-refractivity contribution is 0.0954. The number of sulfonamides is 1. The first-order valence-electron chi connectivity index (χ1n) is 8.76. The van der Waals surface area contributed by atoms with Crippen LogP contribution < -0.4 is 10.0 Å². The molecular formula is C20H20FN3O3S2. The number of carbonyl (C=O) groups is 1. The molecule has 3 aromatic rings. The van der Waals surface area contributed by atoms with Crippen LogP contribution in [0.1, 0.15) is 31.5 Å². The molecule has 0 radical (unpaired) electrons. The maximum absolute atomic E-state index is 13.0. The monoisotopic (exact) mass is 433 g/mol. The molecule has 29 heavy (non-hydrogen) atoms. The summed E-state index contributed by atoms with van der Waals surface area (Å²) < 4.78 is 38.5. The molecule has 0 unspecified atom stereocenters. The van der Waals surface area contributed by atoms with E-state index in [-0.39, 0.29) is 18.3 Å². The van der Waals surface area contributed by atoms with Gasteiger partial charge in [-0.05, 0) is 36.2 Å². The smallest absolute Gasteiger partial charge is 0.263 e. The molecule has 0 aliphatic heterocycles. The average molecular weight is 434 g/mol. The second-order valence-corrected chi connectivity index (χ2v) is 9.37. The Morgan fingerprint density at radius 1 is 1.14 bits per heavy atom. The second-order valence-electron chi connectivity index (χ2n) is 6.54. The lowest BCUT2D eigenvalue weighted by Gasteiger charge is -2.11. The molecule has 0 spiro atoms. The van der Waals surface area contributed by atoms with Crippen molar-refractivity contribution in [2.24, 2.45) is 0 Å². The van der Waals surface area contributed by atoms with Crippen molar-refractivity contribution in [3.8, 4) is 0 Å². The zero-order valence-corrected chi connectivity index (χ0v) is 17.5. The molecule has 2 N–H and O–H groups in total. The Bertz CT molecular complexity index is 1130. The minimum atomic E-state index is -3.42. The van der Waals surface area contributed by atoms with Crippen molar-refractivity contribution in [2.45, 2.75) is 19.9 Å². The van der Waals surface area contributed by atoms with E-state index in [4.69, 9.17) is 0 Å². The first kappa shape index (κ1) is 20.9. The van der Waals surface area contributed by atoms with Crippen LogP contribution in [0.25, 0.3) is 0 Å². The fourth-order valence-electron chi connectivity index (χ4n) is 2.74. The van der Waals surface area contributed by atoms with Crippen molar-refractivity contribution >= 4 is 33.0 Å². The van der Waals surface area contributed by atoms with Crippen molar-refractivity contribution in [3.05, 3.63) is 81.1 Å². The number of para-hydroxylation sites is 1. The molecule has 2 aromatic carbocycles. The summed E-state index contributed by atoms with van der Waals surface area (Å²) in [6.07, 6.45) is 1.59. The maximum Gasteiger partial charge on any atom is 0.263 e. The molecule has 1 heterocycles. The summed E-state index contributed by atoms with van der Waals surface area (Å²) in [4.78, 5) is 17.6. The molecule has 0 aliphatic carbocycles. The van der Waals surface area contributed by atoms with Crippen LogP contribution in [0, 0.1) is 12.7 Å². The van der Waals surface area contributed by atoms with Gasteiger partial charge >= 0.3 is 0 Å². The molecule has 0 fully saturated rings. The van der Waals surface area contributed by atoms with Gasteiger partial charge in [0.2, 0.25) is 10.0 Å². The highest BCUT2D eigenvalue weighted by Crippen LogP contribution is 2.22. The van der Waals surface area contributed by atoms with E-state index in [1.54, 1.807) is 43.3 Å². The Labute approximate surface area is 172 Å². The molecule has 0 aliphatic rings. The van der Waals surface area contributed by atoms with E-state index in [0.717, 1.165) is 16.8 Å². The highest BCUT2D eigenvalue weighted by molar-refractivity contribution is 7.92. The normalized spacial score (nSPS) is 11.3. The molecule has 1 aromatic heterocycles. The summed E-state index contributed by atoms with van der Waals surface area (Å²) in [5.41, 5.74) is 2.60. The fraction of sp³-hybridized carbons (Fsp3) is 0.200. The summed E-state index contributed by atoms with van der Waals surface area (Å²) in [6, 6.07) is 13.0. The third-order valence-corrected chi connectivity index (χ3v) is 5.81. The van der Waals surface area contributed by atoms with Crippen LogP contribution in [0.4, 0.5) is 10.1 Å². The molecule has 0 bridgehead atoms. The molecule has 0 saturated carbocycles. The Hall–Kier alpha value is -2.78. The van der Waals surface area contributed by atoms with E-state index >= 15 is 0 Å². The number of halogens is 1. The number of nitrogens with zero attached hydrogens (tertiary/aromatic N) is 1. The maximum atomic E-state index is 13.0. The van der Waals surface area contributed by atoms with Gasteiger partial charge in [0.25, 0.3) is 5.91 Å². The number of hydrogen-bond acceptors (Lipinski definition) is 5. The Kier molecular flexibility index (Phi) is 6.29. The summed E-state index contributed by atoms with van der Waals surface area (Å²) in [6.45, 7) is 1.93. The van der Waals surface area contributed by atoms with E-state index in [1.165, 1.54) is 23.5 Å². The van der Waals surface area contributed by atoms with Gasteiger partial charge < -0.3 is 5.32 Å². The number of benzene rings is 2. The minimum absolute atomic E-state index is 0.169. The number of aromatic nitrogens is 1. The topological polar surface area (TPSA) is 88.2 Å². The highest BCUT2D eigenvalue weighted by Gasteiger charge is 2.16. The number of nitrogens with one attached hydrogen (secondary N) is 2. The molecule has 0 atom stereocenters. The number of carbonyl (C=O) groups excluding carboxylic acids is 1. The molecule has 6 nitrogen and oxygen atoms in total. The van der Waals surface area contributed by atoms with Crippen LogP contribution in [0.3, 0.4) is 0 Å². The lowest BCUT2D eigenvalue weighted by Crippen LogP contribution is -2.23. The number of thiazole rings is 1. The Morgan fingerprint density at radius 2 is 1.83 bits per heavy atom. The van der Waals surface area contributed by atoms with Crippen molar-refractivity contribution in [3.63, 3.8) is 0 Å². The van der Waals surface area contributed by atoms with Crippen molar-refractivity contribution in [2.75, 3.05) is 11.0 Å². The van der Waals surface area contributed by atoms with Crippen molar-refractivity contribution in [1.29, 1.82) is 0 Å². The van der Waals surface area contributed by atoms with E-state index in [1.807, 2.05) is 0 Å². The van der Waals surface area contributed by atoms with Gasteiger partial charge in [0.1, 0.15) is 10.7 Å². The molecule has 3 rings (SSSR count).